The first kappa shape index (κ1) is 17.1. The van der Waals surface area contributed by atoms with E-state index in [1.807, 2.05) is 0 Å². The monoisotopic (exact) mass is 293 g/mol. The number of rotatable bonds is 9. The third-order valence-electron chi connectivity index (χ3n) is 3.19. The molecule has 1 aromatic rings. The van der Waals surface area contributed by atoms with E-state index >= 15 is 0 Å². The van der Waals surface area contributed by atoms with Crippen LogP contribution >= 0.6 is 0 Å². The minimum absolute atomic E-state index is 0.165. The summed E-state index contributed by atoms with van der Waals surface area (Å²) in [7, 11) is 0. The molecule has 0 aromatic heterocycles. The number of benzene rings is 1. The van der Waals surface area contributed by atoms with Gasteiger partial charge in [0.1, 0.15) is 12.0 Å². The summed E-state index contributed by atoms with van der Waals surface area (Å²) < 4.78 is 0. The Morgan fingerprint density at radius 2 is 1.95 bits per heavy atom. The van der Waals surface area contributed by atoms with Crippen molar-refractivity contribution in [2.24, 2.45) is 11.5 Å². The molecule has 0 saturated heterocycles. The van der Waals surface area contributed by atoms with Crippen LogP contribution < -0.4 is 16.8 Å². The molecule has 0 spiro atoms. The minimum atomic E-state index is -0.730. The predicted octanol–water partition coefficient (Wildman–Crippen LogP) is 0.0747. The van der Waals surface area contributed by atoms with Gasteiger partial charge in [0.25, 0.3) is 0 Å². The topological polar surface area (TPSA) is 118 Å². The minimum Gasteiger partial charge on any atom is -0.508 e. The number of aldehydes is 1. The van der Waals surface area contributed by atoms with Crippen molar-refractivity contribution in [2.75, 3.05) is 6.54 Å². The molecule has 0 bridgehead atoms. The average Bonchev–Trinajstić information content (AvgIpc) is 2.48. The molecule has 1 aromatic carbocycles. The number of nitrogens with two attached hydrogens (primary N) is 2. The summed E-state index contributed by atoms with van der Waals surface area (Å²) in [6.07, 6.45) is 3.24. The smallest absolute Gasteiger partial charge is 0.237 e. The summed E-state index contributed by atoms with van der Waals surface area (Å²) >= 11 is 0. The largest absolute Gasteiger partial charge is 0.508 e. The van der Waals surface area contributed by atoms with E-state index in [2.05, 4.69) is 5.32 Å². The van der Waals surface area contributed by atoms with Gasteiger partial charge in [-0.2, -0.15) is 0 Å². The maximum Gasteiger partial charge on any atom is 0.237 e. The number of phenols is 1. The fraction of sp³-hybridized carbons (Fsp3) is 0.467. The van der Waals surface area contributed by atoms with Crippen molar-refractivity contribution in [3.05, 3.63) is 29.8 Å². The summed E-state index contributed by atoms with van der Waals surface area (Å²) in [5.41, 5.74) is 12.1. The lowest BCUT2D eigenvalue weighted by Gasteiger charge is -2.16. The number of carbonyl (C=O) groups is 2. The molecule has 0 radical (unpaired) electrons. The lowest BCUT2D eigenvalue weighted by molar-refractivity contribution is -0.125. The van der Waals surface area contributed by atoms with Gasteiger partial charge in [-0.1, -0.05) is 12.1 Å². The van der Waals surface area contributed by atoms with Crippen molar-refractivity contribution in [2.45, 2.75) is 37.8 Å². The molecule has 0 unspecified atom stereocenters. The molecule has 1 amide bonds. The van der Waals surface area contributed by atoms with E-state index in [1.165, 1.54) is 0 Å². The molecule has 6 heteroatoms. The molecule has 0 aliphatic heterocycles. The molecule has 6 N–H and O–H groups in total. The first-order valence-electron chi connectivity index (χ1n) is 7.06. The Kier molecular flexibility index (Phi) is 7.42. The predicted molar refractivity (Wildman–Crippen MR) is 80.7 cm³/mol. The molecule has 1 rings (SSSR count). The van der Waals surface area contributed by atoms with E-state index in [-0.39, 0.29) is 11.7 Å². The second kappa shape index (κ2) is 9.10. The second-order valence-corrected chi connectivity index (χ2v) is 5.01. The second-order valence-electron chi connectivity index (χ2n) is 5.01. The fourth-order valence-corrected chi connectivity index (χ4v) is 1.95. The zero-order valence-corrected chi connectivity index (χ0v) is 12.0. The van der Waals surface area contributed by atoms with Gasteiger partial charge in [-0.25, -0.2) is 0 Å². The van der Waals surface area contributed by atoms with Crippen molar-refractivity contribution >= 4 is 12.2 Å². The number of amides is 1. The van der Waals surface area contributed by atoms with Crippen LogP contribution in [-0.2, 0) is 16.0 Å². The Morgan fingerprint density at radius 3 is 2.52 bits per heavy atom. The van der Waals surface area contributed by atoms with Crippen molar-refractivity contribution in [3.63, 3.8) is 0 Å². The molecule has 0 fully saturated rings. The lowest BCUT2D eigenvalue weighted by atomic mass is 10.0. The first-order valence-corrected chi connectivity index (χ1v) is 7.06. The van der Waals surface area contributed by atoms with E-state index in [0.717, 1.165) is 24.7 Å². The highest BCUT2D eigenvalue weighted by Crippen LogP contribution is 2.11. The summed E-state index contributed by atoms with van der Waals surface area (Å²) in [5, 5.41) is 11.8. The summed E-state index contributed by atoms with van der Waals surface area (Å²) in [4.78, 5) is 22.9. The van der Waals surface area contributed by atoms with Crippen LogP contribution in [0.3, 0.4) is 0 Å². The van der Waals surface area contributed by atoms with Crippen LogP contribution in [0, 0.1) is 0 Å². The van der Waals surface area contributed by atoms with E-state index in [9.17, 15) is 14.7 Å². The highest BCUT2D eigenvalue weighted by atomic mass is 16.3. The van der Waals surface area contributed by atoms with E-state index < -0.39 is 12.1 Å². The van der Waals surface area contributed by atoms with E-state index in [0.29, 0.717) is 19.4 Å². The standard InChI is InChI=1S/C15H23N3O3/c16-8-2-1-3-12(10-19)18-15(21)14(17)9-11-4-6-13(20)7-5-11/h4-7,10,12,14,20H,1-3,8-9,16-17H2,(H,18,21)/t12-,14-/m0/s1. The average molecular weight is 293 g/mol. The summed E-state index contributed by atoms with van der Waals surface area (Å²) in [6.45, 7) is 0.569. The van der Waals surface area contributed by atoms with Crippen LogP contribution in [0.25, 0.3) is 0 Å². The Hall–Kier alpha value is -1.92. The maximum atomic E-state index is 11.9. The normalized spacial score (nSPS) is 13.4. The van der Waals surface area contributed by atoms with E-state index in [1.54, 1.807) is 24.3 Å². The van der Waals surface area contributed by atoms with Crippen molar-refractivity contribution in [1.29, 1.82) is 0 Å². The number of aromatic hydroxyl groups is 1. The maximum absolute atomic E-state index is 11.9. The van der Waals surface area contributed by atoms with Crippen LogP contribution in [0.15, 0.2) is 24.3 Å². The third kappa shape index (κ3) is 6.37. The Labute approximate surface area is 124 Å². The summed E-state index contributed by atoms with van der Waals surface area (Å²) in [5.74, 6) is -0.189. The van der Waals surface area contributed by atoms with Gasteiger partial charge in [0.05, 0.1) is 12.1 Å². The van der Waals surface area contributed by atoms with Gasteiger partial charge in [-0.05, 0) is 49.9 Å². The number of unbranched alkanes of at least 4 members (excludes halogenated alkanes) is 1. The van der Waals surface area contributed by atoms with E-state index in [4.69, 9.17) is 11.5 Å². The Balaban J connectivity index is 2.45. The molecule has 0 aliphatic carbocycles. The molecular formula is C15H23N3O3. The molecule has 2 atom stereocenters. The highest BCUT2D eigenvalue weighted by molar-refractivity contribution is 5.84. The van der Waals surface area contributed by atoms with Crippen molar-refractivity contribution in [1.82, 2.24) is 5.32 Å². The molecule has 21 heavy (non-hydrogen) atoms. The molecular weight excluding hydrogens is 270 g/mol. The van der Waals surface area contributed by atoms with Crippen molar-refractivity contribution < 1.29 is 14.7 Å². The highest BCUT2D eigenvalue weighted by Gasteiger charge is 2.17. The lowest BCUT2D eigenvalue weighted by Crippen LogP contribution is -2.47. The zero-order valence-electron chi connectivity index (χ0n) is 12.0. The number of phenolic OH excluding ortho intramolecular Hbond substituents is 1. The fourth-order valence-electron chi connectivity index (χ4n) is 1.95. The molecule has 0 heterocycles. The van der Waals surface area contributed by atoms with Gasteiger partial charge >= 0.3 is 0 Å². The number of hydrogen-bond donors (Lipinski definition) is 4. The van der Waals surface area contributed by atoms with Gasteiger partial charge in [0, 0.05) is 0 Å². The molecule has 6 nitrogen and oxygen atoms in total. The first-order chi connectivity index (χ1) is 10.1. The summed E-state index contributed by atoms with van der Waals surface area (Å²) in [6, 6.07) is 5.26. The van der Waals surface area contributed by atoms with Gasteiger partial charge in [0.15, 0.2) is 0 Å². The zero-order chi connectivity index (χ0) is 15.7. The molecule has 0 saturated carbocycles. The number of hydrogen-bond acceptors (Lipinski definition) is 5. The van der Waals surface area contributed by atoms with Crippen LogP contribution in [0.5, 0.6) is 5.75 Å². The number of nitrogens with one attached hydrogen (secondary N) is 1. The van der Waals surface area contributed by atoms with Gasteiger partial charge in [-0.15, -0.1) is 0 Å². The van der Waals surface area contributed by atoms with Gasteiger partial charge in [0.2, 0.25) is 5.91 Å². The third-order valence-corrected chi connectivity index (χ3v) is 3.19. The molecule has 116 valence electrons. The SMILES string of the molecule is NCCCC[C@@H](C=O)NC(=O)[C@@H](N)Cc1ccc(O)cc1. The van der Waals surface area contributed by atoms with Crippen LogP contribution in [0.4, 0.5) is 0 Å². The quantitative estimate of drug-likeness (QED) is 0.380. The van der Waals surface area contributed by atoms with Crippen molar-refractivity contribution in [3.8, 4) is 5.75 Å². The van der Waals surface area contributed by atoms with Gasteiger partial charge < -0.3 is 26.7 Å². The molecule has 0 aliphatic rings. The van der Waals surface area contributed by atoms with Crippen LogP contribution in [0.1, 0.15) is 24.8 Å². The van der Waals surface area contributed by atoms with Gasteiger partial charge in [-0.3, -0.25) is 4.79 Å². The Bertz CT molecular complexity index is 448. The van der Waals surface area contributed by atoms with Crippen LogP contribution in [-0.4, -0.2) is 35.9 Å². The number of carbonyl (C=O) groups excluding carboxylic acids is 2. The van der Waals surface area contributed by atoms with Crippen LogP contribution in [0.2, 0.25) is 0 Å². The Morgan fingerprint density at radius 1 is 1.29 bits per heavy atom.